The first kappa shape index (κ1) is 17.8. The van der Waals surface area contributed by atoms with E-state index in [0.29, 0.717) is 24.7 Å². The van der Waals surface area contributed by atoms with E-state index >= 15 is 0 Å². The smallest absolute Gasteiger partial charge is 0.337 e. The number of carbonyl (C=O) groups is 1. The second-order valence-electron chi connectivity index (χ2n) is 6.72. The van der Waals surface area contributed by atoms with Gasteiger partial charge in [-0.2, -0.15) is 4.98 Å². The van der Waals surface area contributed by atoms with Crippen LogP contribution in [0.5, 0.6) is 0 Å². The van der Waals surface area contributed by atoms with Gasteiger partial charge in [-0.15, -0.1) is 11.3 Å². The van der Waals surface area contributed by atoms with E-state index in [2.05, 4.69) is 26.9 Å². The second kappa shape index (κ2) is 7.45. The lowest BCUT2D eigenvalue weighted by Crippen LogP contribution is -2.33. The SMILES string of the molecule is Cc1cc(C(=O)N2CCC(CN(C)Cc3scnc3C)C2)nc(=O)[nH]1. The first-order valence-corrected chi connectivity index (χ1v) is 9.25. The van der Waals surface area contributed by atoms with Crippen molar-refractivity contribution in [3.05, 3.63) is 44.0 Å². The number of likely N-dealkylation sites (tertiary alicyclic amines) is 1. The molecule has 25 heavy (non-hydrogen) atoms. The lowest BCUT2D eigenvalue weighted by atomic mass is 10.1. The second-order valence-corrected chi connectivity index (χ2v) is 7.66. The number of thiazole rings is 1. The molecule has 1 N–H and O–H groups in total. The van der Waals surface area contributed by atoms with Crippen molar-refractivity contribution in [2.75, 3.05) is 26.7 Å². The molecule has 7 nitrogen and oxygen atoms in total. The maximum Gasteiger partial charge on any atom is 0.345 e. The fraction of sp³-hybridized carbons (Fsp3) is 0.529. The highest BCUT2D eigenvalue weighted by Gasteiger charge is 2.28. The third-order valence-corrected chi connectivity index (χ3v) is 5.42. The van der Waals surface area contributed by atoms with Crippen molar-refractivity contribution in [2.45, 2.75) is 26.8 Å². The van der Waals surface area contributed by atoms with Crippen molar-refractivity contribution in [3.63, 3.8) is 0 Å². The van der Waals surface area contributed by atoms with Crippen LogP contribution in [-0.4, -0.2) is 57.3 Å². The lowest BCUT2D eigenvalue weighted by molar-refractivity contribution is 0.0777. The molecule has 1 amide bonds. The quantitative estimate of drug-likeness (QED) is 0.871. The van der Waals surface area contributed by atoms with Crippen molar-refractivity contribution in [1.82, 2.24) is 24.8 Å². The monoisotopic (exact) mass is 361 g/mol. The Labute approximate surface area is 150 Å². The van der Waals surface area contributed by atoms with Crippen LogP contribution in [0.25, 0.3) is 0 Å². The molecule has 1 fully saturated rings. The maximum atomic E-state index is 12.6. The van der Waals surface area contributed by atoms with Gasteiger partial charge in [0.1, 0.15) is 5.69 Å². The van der Waals surface area contributed by atoms with Crippen LogP contribution < -0.4 is 5.69 Å². The molecule has 3 rings (SSSR count). The summed E-state index contributed by atoms with van der Waals surface area (Å²) >= 11 is 1.68. The van der Waals surface area contributed by atoms with Crippen LogP contribution in [0.15, 0.2) is 16.4 Å². The molecule has 3 heterocycles. The zero-order valence-corrected chi connectivity index (χ0v) is 15.6. The lowest BCUT2D eigenvalue weighted by Gasteiger charge is -2.21. The number of carbonyl (C=O) groups excluding carboxylic acids is 1. The fourth-order valence-electron chi connectivity index (χ4n) is 3.25. The molecule has 0 aliphatic carbocycles. The summed E-state index contributed by atoms with van der Waals surface area (Å²) in [5, 5.41) is 0. The molecule has 1 unspecified atom stereocenters. The topological polar surface area (TPSA) is 82.2 Å². The molecule has 8 heteroatoms. The number of aromatic nitrogens is 3. The van der Waals surface area contributed by atoms with Gasteiger partial charge in [-0.3, -0.25) is 4.79 Å². The maximum absolute atomic E-state index is 12.6. The van der Waals surface area contributed by atoms with Crippen LogP contribution in [0.3, 0.4) is 0 Å². The van der Waals surface area contributed by atoms with Gasteiger partial charge in [-0.1, -0.05) is 0 Å². The van der Waals surface area contributed by atoms with E-state index in [0.717, 1.165) is 25.2 Å². The molecule has 0 saturated carbocycles. The standard InChI is InChI=1S/C17H23N5O2S/c1-11-6-14(20-17(24)19-11)16(23)22-5-4-13(8-22)7-21(3)9-15-12(2)18-10-25-15/h6,10,13H,4-5,7-9H2,1-3H3,(H,19,20,24). The number of hydrogen-bond donors (Lipinski definition) is 1. The zero-order valence-electron chi connectivity index (χ0n) is 14.8. The van der Waals surface area contributed by atoms with E-state index in [1.165, 1.54) is 4.88 Å². The molecule has 1 atom stereocenters. The molecule has 1 aliphatic heterocycles. The van der Waals surface area contributed by atoms with Gasteiger partial charge < -0.3 is 14.8 Å². The average Bonchev–Trinajstić information content (AvgIpc) is 3.15. The Kier molecular flexibility index (Phi) is 5.29. The minimum Gasteiger partial charge on any atom is -0.337 e. The zero-order chi connectivity index (χ0) is 18.0. The van der Waals surface area contributed by atoms with Crippen LogP contribution in [0.2, 0.25) is 0 Å². The van der Waals surface area contributed by atoms with Crippen LogP contribution in [0.4, 0.5) is 0 Å². The summed E-state index contributed by atoms with van der Waals surface area (Å²) < 4.78 is 0. The van der Waals surface area contributed by atoms with Gasteiger partial charge in [0.15, 0.2) is 0 Å². The Morgan fingerprint density at radius 1 is 1.48 bits per heavy atom. The molecular weight excluding hydrogens is 338 g/mol. The van der Waals surface area contributed by atoms with Gasteiger partial charge >= 0.3 is 5.69 Å². The summed E-state index contributed by atoms with van der Waals surface area (Å²) in [6.07, 6.45) is 0.972. The highest BCUT2D eigenvalue weighted by Crippen LogP contribution is 2.21. The number of nitrogens with one attached hydrogen (secondary N) is 1. The average molecular weight is 361 g/mol. The van der Waals surface area contributed by atoms with Gasteiger partial charge in [0.25, 0.3) is 5.91 Å². The third kappa shape index (κ3) is 4.32. The molecule has 2 aromatic heterocycles. The van der Waals surface area contributed by atoms with Crippen LogP contribution in [0, 0.1) is 19.8 Å². The Morgan fingerprint density at radius 3 is 2.96 bits per heavy atom. The summed E-state index contributed by atoms with van der Waals surface area (Å²) in [6, 6.07) is 1.63. The molecule has 0 spiro atoms. The van der Waals surface area contributed by atoms with E-state index in [-0.39, 0.29) is 11.6 Å². The molecule has 134 valence electrons. The van der Waals surface area contributed by atoms with Crippen LogP contribution in [0.1, 0.15) is 33.2 Å². The van der Waals surface area contributed by atoms with E-state index in [9.17, 15) is 9.59 Å². The molecule has 0 bridgehead atoms. The highest BCUT2D eigenvalue weighted by molar-refractivity contribution is 7.09. The highest BCUT2D eigenvalue weighted by atomic mass is 32.1. The molecule has 2 aromatic rings. The molecule has 1 aliphatic rings. The number of aromatic amines is 1. The molecule has 1 saturated heterocycles. The van der Waals surface area contributed by atoms with Gasteiger partial charge in [0, 0.05) is 36.8 Å². The number of nitrogens with zero attached hydrogens (tertiary/aromatic N) is 4. The Hall–Kier alpha value is -2.06. The number of amides is 1. The van der Waals surface area contributed by atoms with Crippen LogP contribution in [-0.2, 0) is 6.54 Å². The summed E-state index contributed by atoms with van der Waals surface area (Å²) in [7, 11) is 2.10. The predicted octanol–water partition coefficient (Wildman–Crippen LogP) is 1.44. The number of rotatable bonds is 5. The molecule has 0 radical (unpaired) electrons. The van der Waals surface area contributed by atoms with Crippen molar-refractivity contribution in [2.24, 2.45) is 5.92 Å². The van der Waals surface area contributed by atoms with Gasteiger partial charge in [-0.25, -0.2) is 9.78 Å². The van der Waals surface area contributed by atoms with E-state index < -0.39 is 5.69 Å². The van der Waals surface area contributed by atoms with E-state index in [4.69, 9.17) is 0 Å². The normalized spacial score (nSPS) is 17.4. The first-order valence-electron chi connectivity index (χ1n) is 8.37. The summed E-state index contributed by atoms with van der Waals surface area (Å²) in [6.45, 7) is 7.02. The van der Waals surface area contributed by atoms with E-state index in [1.807, 2.05) is 12.4 Å². The number of hydrogen-bond acceptors (Lipinski definition) is 6. The van der Waals surface area contributed by atoms with Crippen molar-refractivity contribution in [3.8, 4) is 0 Å². The first-order chi connectivity index (χ1) is 11.9. The number of H-pyrrole nitrogens is 1. The van der Waals surface area contributed by atoms with Crippen molar-refractivity contribution in [1.29, 1.82) is 0 Å². The summed E-state index contributed by atoms with van der Waals surface area (Å²) in [5.74, 6) is 0.280. The van der Waals surface area contributed by atoms with Gasteiger partial charge in [-0.05, 0) is 39.3 Å². The van der Waals surface area contributed by atoms with Crippen molar-refractivity contribution < 1.29 is 4.79 Å². The Balaban J connectivity index is 1.57. The minimum absolute atomic E-state index is 0.155. The predicted molar refractivity (Wildman–Crippen MR) is 96.8 cm³/mol. The van der Waals surface area contributed by atoms with E-state index in [1.54, 1.807) is 29.2 Å². The Morgan fingerprint density at radius 2 is 2.28 bits per heavy atom. The Bertz CT molecular complexity index is 815. The summed E-state index contributed by atoms with van der Waals surface area (Å²) in [5.41, 5.74) is 3.38. The third-order valence-electron chi connectivity index (χ3n) is 4.50. The van der Waals surface area contributed by atoms with Crippen LogP contribution >= 0.6 is 11.3 Å². The number of aryl methyl sites for hydroxylation is 2. The fourth-order valence-corrected chi connectivity index (χ4v) is 4.10. The largest absolute Gasteiger partial charge is 0.345 e. The van der Waals surface area contributed by atoms with Crippen molar-refractivity contribution >= 4 is 17.2 Å². The van der Waals surface area contributed by atoms with Gasteiger partial charge in [0.05, 0.1) is 11.2 Å². The van der Waals surface area contributed by atoms with Gasteiger partial charge in [0.2, 0.25) is 0 Å². The molecule has 0 aromatic carbocycles. The molecular formula is C17H23N5O2S. The minimum atomic E-state index is -0.473. The summed E-state index contributed by atoms with van der Waals surface area (Å²) in [4.78, 5) is 40.1.